The second-order valence-corrected chi connectivity index (χ2v) is 11.2. The monoisotopic (exact) mass is 611 g/mol. The van der Waals surface area contributed by atoms with Gasteiger partial charge < -0.3 is 10.3 Å². The van der Waals surface area contributed by atoms with Gasteiger partial charge in [-0.1, -0.05) is 37.3 Å². The van der Waals surface area contributed by atoms with Crippen molar-refractivity contribution in [2.24, 2.45) is 5.73 Å². The van der Waals surface area contributed by atoms with Gasteiger partial charge in [0.15, 0.2) is 11.6 Å². The van der Waals surface area contributed by atoms with Gasteiger partial charge in [-0.05, 0) is 73.7 Å². The van der Waals surface area contributed by atoms with Crippen LogP contribution in [0.1, 0.15) is 69.4 Å². The quantitative estimate of drug-likeness (QED) is 0.159. The number of rotatable bonds is 11. The van der Waals surface area contributed by atoms with Crippen molar-refractivity contribution in [3.63, 3.8) is 0 Å². The Hall–Kier alpha value is -5.05. The van der Waals surface area contributed by atoms with Crippen molar-refractivity contribution in [3.05, 3.63) is 124 Å². The number of para-hydroxylation sites is 1. The van der Waals surface area contributed by atoms with Crippen LogP contribution in [0.4, 0.5) is 13.2 Å². The van der Waals surface area contributed by atoms with Crippen LogP contribution in [0, 0.1) is 24.4 Å². The lowest BCUT2D eigenvalue weighted by atomic mass is 9.86. The van der Waals surface area contributed by atoms with Crippen molar-refractivity contribution in [3.8, 4) is 11.1 Å². The maximum atomic E-state index is 14.3. The van der Waals surface area contributed by atoms with E-state index in [9.17, 15) is 27.6 Å². The fourth-order valence-electron chi connectivity index (χ4n) is 6.20. The van der Waals surface area contributed by atoms with Crippen molar-refractivity contribution < 1.29 is 27.6 Å². The molecule has 0 saturated heterocycles. The first-order chi connectivity index (χ1) is 21.5. The fourth-order valence-corrected chi connectivity index (χ4v) is 6.20. The van der Waals surface area contributed by atoms with Gasteiger partial charge in [0, 0.05) is 46.8 Å². The Morgan fingerprint density at radius 2 is 1.69 bits per heavy atom. The molecule has 2 N–H and O–H groups in total. The number of primary amides is 1. The van der Waals surface area contributed by atoms with Crippen molar-refractivity contribution >= 4 is 28.4 Å². The molecule has 230 valence electrons. The summed E-state index contributed by atoms with van der Waals surface area (Å²) >= 11 is 0. The molecular weight excluding hydrogens is 579 g/mol. The van der Waals surface area contributed by atoms with Crippen LogP contribution in [-0.4, -0.2) is 27.0 Å². The number of hydrogen-bond acceptors (Lipinski definition) is 4. The standard InChI is InChI=1S/C36H32F3N3O3/c1-4-23-7-5-8-30-33(21(3)43)20(2)42(35(23)30)19-28(44)16-25(13-22-14-26(37)18-27(38)15-22)34-29(9-6-12-41-34)24-10-11-32(39)31(17-24)36(40)45/h5-12,14-15,17-18,25H,4,13,16,19H2,1-3H3,(H2,40,45)/t25-/m1/s1. The molecule has 5 rings (SSSR count). The molecule has 3 aromatic carbocycles. The summed E-state index contributed by atoms with van der Waals surface area (Å²) < 4.78 is 44.7. The van der Waals surface area contributed by atoms with E-state index in [0.717, 1.165) is 28.6 Å². The number of hydrogen-bond donors (Lipinski definition) is 1. The van der Waals surface area contributed by atoms with Crippen molar-refractivity contribution in [2.75, 3.05) is 0 Å². The summed E-state index contributed by atoms with van der Waals surface area (Å²) in [7, 11) is 0. The number of carbonyl (C=O) groups excluding carboxylic acids is 3. The molecule has 0 aliphatic carbocycles. The van der Waals surface area contributed by atoms with E-state index in [1.807, 2.05) is 36.6 Å². The Morgan fingerprint density at radius 3 is 2.36 bits per heavy atom. The van der Waals surface area contributed by atoms with Gasteiger partial charge in [-0.3, -0.25) is 19.4 Å². The zero-order valence-corrected chi connectivity index (χ0v) is 25.2. The number of carbonyl (C=O) groups is 3. The third-order valence-electron chi connectivity index (χ3n) is 8.14. The third-order valence-corrected chi connectivity index (χ3v) is 8.14. The van der Waals surface area contributed by atoms with Gasteiger partial charge in [-0.15, -0.1) is 0 Å². The molecule has 0 radical (unpaired) electrons. The van der Waals surface area contributed by atoms with Gasteiger partial charge in [-0.25, -0.2) is 13.2 Å². The van der Waals surface area contributed by atoms with Crippen LogP contribution >= 0.6 is 0 Å². The first-order valence-corrected chi connectivity index (χ1v) is 14.6. The summed E-state index contributed by atoms with van der Waals surface area (Å²) in [6, 6.07) is 16.3. The number of Topliss-reactive ketones (excluding diaryl/α,β-unsaturated/α-hetero) is 2. The Bertz CT molecular complexity index is 1940. The predicted octanol–water partition coefficient (Wildman–Crippen LogP) is 7.28. The van der Waals surface area contributed by atoms with Crippen LogP contribution in [0.5, 0.6) is 0 Å². The van der Waals surface area contributed by atoms with Crippen LogP contribution in [0.15, 0.2) is 72.9 Å². The molecule has 0 aliphatic heterocycles. The molecule has 2 heterocycles. The molecule has 0 unspecified atom stereocenters. The van der Waals surface area contributed by atoms with Crippen molar-refractivity contribution in [1.29, 1.82) is 0 Å². The molecule has 0 fully saturated rings. The highest BCUT2D eigenvalue weighted by Crippen LogP contribution is 2.35. The first kappa shape index (κ1) is 31.4. The molecule has 5 aromatic rings. The maximum Gasteiger partial charge on any atom is 0.251 e. The number of aryl methyl sites for hydroxylation is 1. The number of amides is 1. The minimum absolute atomic E-state index is 0.0365. The van der Waals surface area contributed by atoms with E-state index in [-0.39, 0.29) is 36.5 Å². The number of nitrogens with zero attached hydrogens (tertiary/aromatic N) is 2. The van der Waals surface area contributed by atoms with Gasteiger partial charge in [0.05, 0.1) is 23.3 Å². The minimum Gasteiger partial charge on any atom is -0.366 e. The number of halogens is 3. The normalized spacial score (nSPS) is 12.0. The maximum absolute atomic E-state index is 14.3. The van der Waals surface area contributed by atoms with Crippen LogP contribution in [0.2, 0.25) is 0 Å². The van der Waals surface area contributed by atoms with E-state index in [2.05, 4.69) is 4.98 Å². The predicted molar refractivity (Wildman–Crippen MR) is 167 cm³/mol. The van der Waals surface area contributed by atoms with Crippen molar-refractivity contribution in [2.45, 2.75) is 52.5 Å². The second kappa shape index (κ2) is 12.9. The third kappa shape index (κ3) is 6.43. The summed E-state index contributed by atoms with van der Waals surface area (Å²) in [6.45, 7) is 5.29. The highest BCUT2D eigenvalue weighted by Gasteiger charge is 2.26. The van der Waals surface area contributed by atoms with Crippen LogP contribution in [0.25, 0.3) is 22.0 Å². The highest BCUT2D eigenvalue weighted by atomic mass is 19.1. The number of ketones is 2. The molecule has 0 bridgehead atoms. The topological polar surface area (TPSA) is 95.1 Å². The Morgan fingerprint density at radius 1 is 0.956 bits per heavy atom. The highest BCUT2D eigenvalue weighted by molar-refractivity contribution is 6.09. The molecule has 0 aliphatic rings. The van der Waals surface area contributed by atoms with E-state index in [1.165, 1.54) is 37.4 Å². The Labute approximate surface area is 258 Å². The first-order valence-electron chi connectivity index (χ1n) is 14.6. The van der Waals surface area contributed by atoms with Crippen molar-refractivity contribution in [1.82, 2.24) is 9.55 Å². The largest absolute Gasteiger partial charge is 0.366 e. The number of pyridine rings is 1. The molecule has 0 saturated carbocycles. The van der Waals surface area contributed by atoms with Gasteiger partial charge in [0.25, 0.3) is 5.91 Å². The SMILES string of the molecule is CCc1cccc2c(C(C)=O)c(C)n(CC(=O)C[C@@H](Cc3cc(F)cc(F)c3)c3ncccc3-c3ccc(F)c(C(N)=O)c3)c12. The zero-order valence-electron chi connectivity index (χ0n) is 25.2. The molecule has 1 amide bonds. The zero-order chi connectivity index (χ0) is 32.4. The van der Waals surface area contributed by atoms with Gasteiger partial charge in [0.2, 0.25) is 0 Å². The van der Waals surface area contributed by atoms with Gasteiger partial charge in [-0.2, -0.15) is 0 Å². The molecule has 2 aromatic heterocycles. The Balaban J connectivity index is 1.59. The summed E-state index contributed by atoms with van der Waals surface area (Å²) in [5.41, 5.74) is 9.88. The van der Waals surface area contributed by atoms with Gasteiger partial charge >= 0.3 is 0 Å². The molecule has 45 heavy (non-hydrogen) atoms. The van der Waals surface area contributed by atoms with Crippen LogP contribution in [0.3, 0.4) is 0 Å². The lowest BCUT2D eigenvalue weighted by Crippen LogP contribution is -2.18. The lowest BCUT2D eigenvalue weighted by molar-refractivity contribution is -0.120. The van der Waals surface area contributed by atoms with E-state index in [1.54, 1.807) is 12.1 Å². The summed E-state index contributed by atoms with van der Waals surface area (Å²) in [4.78, 5) is 43.0. The smallest absolute Gasteiger partial charge is 0.251 e. The second-order valence-electron chi connectivity index (χ2n) is 11.2. The summed E-state index contributed by atoms with van der Waals surface area (Å²) in [5.74, 6) is -4.16. The minimum atomic E-state index is -0.938. The number of benzene rings is 3. The van der Waals surface area contributed by atoms with E-state index in [0.29, 0.717) is 40.1 Å². The molecule has 9 heteroatoms. The molecule has 0 spiro atoms. The Kier molecular flexibility index (Phi) is 8.99. The van der Waals surface area contributed by atoms with Gasteiger partial charge in [0.1, 0.15) is 17.5 Å². The molecular formula is C36H32F3N3O3. The van der Waals surface area contributed by atoms with Crippen LogP contribution in [-0.2, 0) is 24.2 Å². The molecule has 6 nitrogen and oxygen atoms in total. The number of nitrogens with two attached hydrogens (primary N) is 1. The lowest BCUT2D eigenvalue weighted by Gasteiger charge is -2.21. The molecule has 1 atom stereocenters. The summed E-state index contributed by atoms with van der Waals surface area (Å²) in [5, 5.41) is 0.785. The van der Waals surface area contributed by atoms with E-state index < -0.39 is 29.3 Å². The number of aromatic nitrogens is 2. The number of fused-ring (bicyclic) bond motifs is 1. The average molecular weight is 612 g/mol. The average Bonchev–Trinajstić information content (AvgIpc) is 3.27. The summed E-state index contributed by atoms with van der Waals surface area (Å²) in [6.07, 6.45) is 2.24. The van der Waals surface area contributed by atoms with E-state index >= 15 is 0 Å². The van der Waals surface area contributed by atoms with E-state index in [4.69, 9.17) is 5.73 Å². The fraction of sp³-hybridized carbons (Fsp3) is 0.222. The van der Waals surface area contributed by atoms with Crippen LogP contribution < -0.4 is 5.73 Å².